The molecule has 0 amide bonds. The molecule has 0 aliphatic heterocycles. The molecule has 4 rings (SSSR count). The van der Waals surface area contributed by atoms with Crippen LogP contribution in [0.15, 0.2) is 33.5 Å². The minimum atomic E-state index is -0.417. The lowest BCUT2D eigenvalue weighted by Gasteiger charge is -2.08. The third-order valence-corrected chi connectivity index (χ3v) is 6.66. The monoisotopic (exact) mass is 488 g/mol. The molecule has 4 aromatic rings. The van der Waals surface area contributed by atoms with Gasteiger partial charge in [0.15, 0.2) is 0 Å². The second kappa shape index (κ2) is 8.21. The first-order valence-corrected chi connectivity index (χ1v) is 10.7. The Balaban J connectivity index is 1.87. The van der Waals surface area contributed by atoms with Gasteiger partial charge in [0.2, 0.25) is 0 Å². The molecule has 3 heterocycles. The molecule has 3 aromatic heterocycles. The van der Waals surface area contributed by atoms with E-state index in [0.29, 0.717) is 39.5 Å². The highest BCUT2D eigenvalue weighted by atomic mass is 79.9. The fourth-order valence-electron chi connectivity index (χ4n) is 3.16. The summed E-state index contributed by atoms with van der Waals surface area (Å²) in [6.45, 7) is 4.28. The summed E-state index contributed by atoms with van der Waals surface area (Å²) >= 11 is 4.84. The van der Waals surface area contributed by atoms with Gasteiger partial charge in [0.05, 0.1) is 30.2 Å². The van der Waals surface area contributed by atoms with Gasteiger partial charge in [0.1, 0.15) is 15.0 Å². The highest BCUT2D eigenvalue weighted by Gasteiger charge is 2.20. The van der Waals surface area contributed by atoms with Crippen LogP contribution in [0.4, 0.5) is 0 Å². The molecule has 0 aliphatic rings. The van der Waals surface area contributed by atoms with Gasteiger partial charge in [-0.2, -0.15) is 4.68 Å². The third kappa shape index (κ3) is 3.40. The minimum Gasteiger partial charge on any atom is -0.462 e. The lowest BCUT2D eigenvalue weighted by Crippen LogP contribution is -2.21. The number of fused-ring (bicyclic) bond motifs is 3. The number of benzene rings is 1. The van der Waals surface area contributed by atoms with Crippen molar-refractivity contribution in [3.8, 4) is 5.69 Å². The molecule has 0 saturated heterocycles. The number of carbonyl (C=O) groups excluding carboxylic acids is 1. The van der Waals surface area contributed by atoms with E-state index in [1.54, 1.807) is 38.3 Å². The van der Waals surface area contributed by atoms with Crippen LogP contribution < -0.4 is 5.56 Å². The van der Waals surface area contributed by atoms with E-state index in [4.69, 9.17) is 9.47 Å². The average Bonchev–Trinajstić information content (AvgIpc) is 3.11. The van der Waals surface area contributed by atoms with Crippen molar-refractivity contribution in [2.45, 2.75) is 20.5 Å². The molecule has 154 valence electrons. The second-order valence-corrected chi connectivity index (χ2v) is 8.25. The Kier molecular flexibility index (Phi) is 5.63. The highest BCUT2D eigenvalue weighted by Crippen LogP contribution is 2.36. The van der Waals surface area contributed by atoms with E-state index in [-0.39, 0.29) is 5.56 Å². The standard InChI is InChI=1S/C20H17BrN4O4S/c1-4-29-20(27)11-5-7-12(8-6-11)25-19(26)17-16(23-24-25)14-13(9-28-3)15(21)10(2)22-18(14)30-17/h5-8H,4,9H2,1-3H3. The Bertz CT molecular complexity index is 1330. The van der Waals surface area contributed by atoms with E-state index >= 15 is 0 Å². The molecule has 0 radical (unpaired) electrons. The molecule has 0 bridgehead atoms. The van der Waals surface area contributed by atoms with Gasteiger partial charge in [-0.15, -0.1) is 16.4 Å². The lowest BCUT2D eigenvalue weighted by molar-refractivity contribution is 0.0526. The summed E-state index contributed by atoms with van der Waals surface area (Å²) in [7, 11) is 1.61. The first kappa shape index (κ1) is 20.6. The molecule has 0 unspecified atom stereocenters. The number of halogens is 1. The van der Waals surface area contributed by atoms with E-state index in [1.165, 1.54) is 16.0 Å². The van der Waals surface area contributed by atoms with Crippen LogP contribution in [0.2, 0.25) is 0 Å². The second-order valence-electron chi connectivity index (χ2n) is 6.46. The number of methoxy groups -OCH3 is 1. The summed E-state index contributed by atoms with van der Waals surface area (Å²) in [6, 6.07) is 6.46. The van der Waals surface area contributed by atoms with Crippen LogP contribution in [0.3, 0.4) is 0 Å². The van der Waals surface area contributed by atoms with Crippen LogP contribution >= 0.6 is 27.3 Å². The quantitative estimate of drug-likeness (QED) is 0.394. The number of thiophene rings is 1. The number of nitrogens with zero attached hydrogens (tertiary/aromatic N) is 4. The maximum absolute atomic E-state index is 13.2. The Morgan fingerprint density at radius 2 is 2.00 bits per heavy atom. The number of esters is 1. The van der Waals surface area contributed by atoms with Crippen LogP contribution in [-0.4, -0.2) is 39.7 Å². The zero-order valence-corrected chi connectivity index (χ0v) is 18.8. The van der Waals surface area contributed by atoms with Crippen LogP contribution in [-0.2, 0) is 16.1 Å². The number of pyridine rings is 1. The van der Waals surface area contributed by atoms with E-state index in [0.717, 1.165) is 21.1 Å². The molecule has 0 aliphatic carbocycles. The van der Waals surface area contributed by atoms with Gasteiger partial charge in [0.25, 0.3) is 5.56 Å². The lowest BCUT2D eigenvalue weighted by atomic mass is 10.1. The van der Waals surface area contributed by atoms with Gasteiger partial charge >= 0.3 is 5.97 Å². The Morgan fingerprint density at radius 3 is 2.67 bits per heavy atom. The van der Waals surface area contributed by atoms with E-state index in [2.05, 4.69) is 31.2 Å². The maximum atomic E-state index is 13.2. The van der Waals surface area contributed by atoms with Crippen molar-refractivity contribution in [1.82, 2.24) is 20.0 Å². The van der Waals surface area contributed by atoms with Gasteiger partial charge < -0.3 is 9.47 Å². The maximum Gasteiger partial charge on any atom is 0.338 e. The molecule has 0 saturated carbocycles. The number of hydrogen-bond donors (Lipinski definition) is 0. The summed E-state index contributed by atoms with van der Waals surface area (Å²) < 4.78 is 12.8. The van der Waals surface area contributed by atoms with Crippen molar-refractivity contribution < 1.29 is 14.3 Å². The zero-order valence-electron chi connectivity index (χ0n) is 16.4. The molecule has 0 fully saturated rings. The third-order valence-electron chi connectivity index (χ3n) is 4.55. The van der Waals surface area contributed by atoms with Crippen molar-refractivity contribution in [2.24, 2.45) is 0 Å². The SMILES string of the molecule is CCOC(=O)c1ccc(-n2nnc3c(sc4nc(C)c(Br)c(COC)c43)c2=O)cc1. The molecular formula is C20H17BrN4O4S. The fraction of sp³-hybridized carbons (Fsp3) is 0.250. The van der Waals surface area contributed by atoms with Gasteiger partial charge in [-0.05, 0) is 54.0 Å². The summed E-state index contributed by atoms with van der Waals surface area (Å²) in [5.41, 5.74) is 2.80. The van der Waals surface area contributed by atoms with Crippen LogP contribution in [0.1, 0.15) is 28.5 Å². The Morgan fingerprint density at radius 1 is 1.27 bits per heavy atom. The van der Waals surface area contributed by atoms with Gasteiger partial charge in [-0.1, -0.05) is 5.21 Å². The number of ether oxygens (including phenoxy) is 2. The normalized spacial score (nSPS) is 11.3. The number of aryl methyl sites for hydroxylation is 1. The van der Waals surface area contributed by atoms with Gasteiger partial charge in [-0.25, -0.2) is 9.78 Å². The van der Waals surface area contributed by atoms with Crippen molar-refractivity contribution >= 4 is 53.7 Å². The van der Waals surface area contributed by atoms with E-state index in [9.17, 15) is 9.59 Å². The fourth-order valence-corrected chi connectivity index (χ4v) is 4.67. The van der Waals surface area contributed by atoms with Crippen molar-refractivity contribution in [1.29, 1.82) is 0 Å². The van der Waals surface area contributed by atoms with Gasteiger partial charge in [0, 0.05) is 22.5 Å². The minimum absolute atomic E-state index is 0.294. The topological polar surface area (TPSA) is 96.2 Å². The molecule has 10 heteroatoms. The predicted octanol–water partition coefficient (Wildman–Crippen LogP) is 3.78. The molecular weight excluding hydrogens is 472 g/mol. The molecule has 30 heavy (non-hydrogen) atoms. The van der Waals surface area contributed by atoms with Crippen LogP contribution in [0.5, 0.6) is 0 Å². The summed E-state index contributed by atoms with van der Waals surface area (Å²) in [5, 5.41) is 9.21. The summed E-state index contributed by atoms with van der Waals surface area (Å²) in [6.07, 6.45) is 0. The molecule has 1 aromatic carbocycles. The first-order valence-electron chi connectivity index (χ1n) is 9.10. The van der Waals surface area contributed by atoms with E-state index in [1.807, 2.05) is 6.92 Å². The number of carbonyl (C=O) groups is 1. The van der Waals surface area contributed by atoms with Crippen molar-refractivity contribution in [2.75, 3.05) is 13.7 Å². The first-order chi connectivity index (χ1) is 14.5. The number of aromatic nitrogens is 4. The molecule has 8 nitrogen and oxygen atoms in total. The highest BCUT2D eigenvalue weighted by molar-refractivity contribution is 9.10. The van der Waals surface area contributed by atoms with Crippen LogP contribution in [0.25, 0.3) is 26.1 Å². The van der Waals surface area contributed by atoms with Crippen LogP contribution in [0, 0.1) is 6.92 Å². The number of rotatable bonds is 5. The van der Waals surface area contributed by atoms with E-state index < -0.39 is 5.97 Å². The van der Waals surface area contributed by atoms with Crippen molar-refractivity contribution in [3.05, 3.63) is 55.9 Å². The molecule has 0 atom stereocenters. The Hall–Kier alpha value is -2.69. The summed E-state index contributed by atoms with van der Waals surface area (Å²) in [5.74, 6) is -0.417. The van der Waals surface area contributed by atoms with Crippen molar-refractivity contribution in [3.63, 3.8) is 0 Å². The predicted molar refractivity (Wildman–Crippen MR) is 117 cm³/mol. The summed E-state index contributed by atoms with van der Waals surface area (Å²) in [4.78, 5) is 30.3. The Labute approximate surface area is 183 Å². The zero-order chi connectivity index (χ0) is 21.4. The largest absolute Gasteiger partial charge is 0.462 e. The number of hydrogen-bond acceptors (Lipinski definition) is 8. The van der Waals surface area contributed by atoms with Gasteiger partial charge in [-0.3, -0.25) is 4.79 Å². The molecule has 0 spiro atoms. The molecule has 0 N–H and O–H groups in total. The average molecular weight is 489 g/mol. The smallest absolute Gasteiger partial charge is 0.338 e.